The van der Waals surface area contributed by atoms with Crippen LogP contribution in [0.5, 0.6) is 0 Å². The van der Waals surface area contributed by atoms with Gasteiger partial charge in [0.05, 0.1) is 12.7 Å². The highest BCUT2D eigenvalue weighted by Crippen LogP contribution is 2.41. The summed E-state index contributed by atoms with van der Waals surface area (Å²) in [6.45, 7) is 3.30. The van der Waals surface area contributed by atoms with Crippen LogP contribution in [0.2, 0.25) is 0 Å². The van der Waals surface area contributed by atoms with E-state index in [1.807, 2.05) is 37.3 Å². The Labute approximate surface area is 185 Å². The summed E-state index contributed by atoms with van der Waals surface area (Å²) in [6, 6.07) is 11.6. The molecule has 0 radical (unpaired) electrons. The summed E-state index contributed by atoms with van der Waals surface area (Å²) < 4.78 is 42.0. The molecule has 0 aliphatic heterocycles. The predicted octanol–water partition coefficient (Wildman–Crippen LogP) is 4.94. The Kier molecular flexibility index (Phi) is 5.48. The number of thiophene rings is 1. The quantitative estimate of drug-likeness (QED) is 0.459. The Morgan fingerprint density at radius 1 is 1.22 bits per heavy atom. The van der Waals surface area contributed by atoms with E-state index in [-0.39, 0.29) is 6.54 Å². The molecule has 164 valence electrons. The molecule has 0 bridgehead atoms. The number of hydrogen-bond acceptors (Lipinski definition) is 6. The van der Waals surface area contributed by atoms with Gasteiger partial charge < -0.3 is 5.11 Å². The Morgan fingerprint density at radius 2 is 2.00 bits per heavy atom. The van der Waals surface area contributed by atoms with Crippen LogP contribution in [0.3, 0.4) is 0 Å². The summed E-state index contributed by atoms with van der Waals surface area (Å²) in [5, 5.41) is 27.9. The van der Waals surface area contributed by atoms with Gasteiger partial charge in [0, 0.05) is 33.1 Å². The van der Waals surface area contributed by atoms with E-state index in [2.05, 4.69) is 21.4 Å². The molecule has 4 rings (SSSR count). The van der Waals surface area contributed by atoms with Crippen LogP contribution < -0.4 is 0 Å². The first-order valence-corrected chi connectivity index (χ1v) is 10.6. The predicted molar refractivity (Wildman–Crippen MR) is 114 cm³/mol. The first-order chi connectivity index (χ1) is 15.2. The lowest BCUT2D eigenvalue weighted by molar-refractivity contribution is -0.269. The zero-order valence-electron chi connectivity index (χ0n) is 17.2. The molecular weight excluding hydrogens is 439 g/mol. The van der Waals surface area contributed by atoms with E-state index in [1.54, 1.807) is 6.20 Å². The van der Waals surface area contributed by atoms with Crippen molar-refractivity contribution in [2.45, 2.75) is 38.6 Å². The highest BCUT2D eigenvalue weighted by Gasteiger charge is 2.55. The molecule has 0 saturated carbocycles. The zero-order valence-corrected chi connectivity index (χ0v) is 18.0. The molecule has 0 spiro atoms. The SMILES string of the molecule is CCC(O)(c1cn(Cc2ccc3c(-c4ccc(C)nc4)c(C#N)sc3c2)nn1)C(F)(F)F. The Morgan fingerprint density at radius 3 is 2.62 bits per heavy atom. The second kappa shape index (κ2) is 8.00. The lowest BCUT2D eigenvalue weighted by Crippen LogP contribution is -2.42. The molecule has 1 N–H and O–H groups in total. The molecule has 6 nitrogen and oxygen atoms in total. The van der Waals surface area contributed by atoms with E-state index in [4.69, 9.17) is 0 Å². The fourth-order valence-electron chi connectivity index (χ4n) is 3.50. The van der Waals surface area contributed by atoms with Gasteiger partial charge in [-0.1, -0.05) is 30.3 Å². The number of alkyl halides is 3. The molecule has 0 fully saturated rings. The van der Waals surface area contributed by atoms with E-state index in [0.29, 0.717) is 4.88 Å². The largest absolute Gasteiger partial charge is 0.423 e. The molecule has 1 unspecified atom stereocenters. The highest BCUT2D eigenvalue weighted by molar-refractivity contribution is 7.20. The molecule has 4 aromatic rings. The van der Waals surface area contributed by atoms with Crippen LogP contribution in [0.15, 0.2) is 42.7 Å². The maximum atomic E-state index is 13.3. The Bertz CT molecular complexity index is 1320. The monoisotopic (exact) mass is 457 g/mol. The van der Waals surface area contributed by atoms with E-state index in [1.165, 1.54) is 22.9 Å². The van der Waals surface area contributed by atoms with E-state index in [0.717, 1.165) is 38.7 Å². The molecule has 0 amide bonds. The smallest absolute Gasteiger partial charge is 0.375 e. The molecule has 0 aliphatic carbocycles. The van der Waals surface area contributed by atoms with Gasteiger partial charge in [-0.25, -0.2) is 4.68 Å². The van der Waals surface area contributed by atoms with E-state index >= 15 is 0 Å². The number of aliphatic hydroxyl groups is 1. The van der Waals surface area contributed by atoms with Crippen LogP contribution in [0.4, 0.5) is 13.2 Å². The Balaban J connectivity index is 1.67. The second-order valence-electron chi connectivity index (χ2n) is 7.45. The van der Waals surface area contributed by atoms with Crippen molar-refractivity contribution in [2.75, 3.05) is 0 Å². The van der Waals surface area contributed by atoms with Crippen LogP contribution in [-0.4, -0.2) is 31.3 Å². The van der Waals surface area contributed by atoms with Crippen LogP contribution in [0.25, 0.3) is 21.2 Å². The number of aryl methyl sites for hydroxylation is 1. The lowest BCUT2D eigenvalue weighted by Gasteiger charge is -2.26. The summed E-state index contributed by atoms with van der Waals surface area (Å²) in [7, 11) is 0. The van der Waals surface area contributed by atoms with Crippen molar-refractivity contribution in [3.8, 4) is 17.2 Å². The maximum Gasteiger partial charge on any atom is 0.423 e. The van der Waals surface area contributed by atoms with Crippen LogP contribution in [-0.2, 0) is 12.1 Å². The number of nitriles is 1. The van der Waals surface area contributed by atoms with Crippen molar-refractivity contribution in [2.24, 2.45) is 0 Å². The summed E-state index contributed by atoms with van der Waals surface area (Å²) in [4.78, 5) is 4.87. The number of fused-ring (bicyclic) bond motifs is 1. The summed E-state index contributed by atoms with van der Waals surface area (Å²) in [6.07, 6.45) is -2.57. The highest BCUT2D eigenvalue weighted by atomic mass is 32.1. The number of pyridine rings is 1. The van der Waals surface area contributed by atoms with Crippen molar-refractivity contribution in [3.05, 3.63) is 64.6 Å². The van der Waals surface area contributed by atoms with Gasteiger partial charge >= 0.3 is 6.18 Å². The number of rotatable bonds is 5. The fourth-order valence-corrected chi connectivity index (χ4v) is 4.59. The van der Waals surface area contributed by atoms with E-state index < -0.39 is 23.9 Å². The van der Waals surface area contributed by atoms with Crippen molar-refractivity contribution in [1.82, 2.24) is 20.0 Å². The average molecular weight is 457 g/mol. The van der Waals surface area contributed by atoms with Crippen molar-refractivity contribution < 1.29 is 18.3 Å². The molecule has 0 aliphatic rings. The number of hydrogen-bond donors (Lipinski definition) is 1. The first-order valence-electron chi connectivity index (χ1n) is 9.74. The number of benzene rings is 1. The number of nitrogens with zero attached hydrogens (tertiary/aromatic N) is 5. The average Bonchev–Trinajstić information content (AvgIpc) is 3.37. The van der Waals surface area contributed by atoms with E-state index in [9.17, 15) is 23.5 Å². The number of halogens is 3. The van der Waals surface area contributed by atoms with Crippen molar-refractivity contribution in [3.63, 3.8) is 0 Å². The minimum atomic E-state index is -4.85. The van der Waals surface area contributed by atoms with Gasteiger partial charge in [0.2, 0.25) is 5.60 Å². The molecule has 3 aromatic heterocycles. The van der Waals surface area contributed by atoms with Gasteiger partial charge in [-0.2, -0.15) is 18.4 Å². The molecule has 3 heterocycles. The van der Waals surface area contributed by atoms with Crippen molar-refractivity contribution in [1.29, 1.82) is 5.26 Å². The van der Waals surface area contributed by atoms with Gasteiger partial charge in [-0.05, 0) is 31.0 Å². The first kappa shape index (κ1) is 21.9. The lowest BCUT2D eigenvalue weighted by atomic mass is 9.96. The third kappa shape index (κ3) is 3.74. The zero-order chi connectivity index (χ0) is 23.1. The third-order valence-corrected chi connectivity index (χ3v) is 6.40. The van der Waals surface area contributed by atoms with Gasteiger partial charge in [-0.3, -0.25) is 4.98 Å². The molecule has 0 saturated heterocycles. The fraction of sp³-hybridized carbons (Fsp3) is 0.273. The maximum absolute atomic E-state index is 13.3. The summed E-state index contributed by atoms with van der Waals surface area (Å²) in [5.41, 5.74) is -0.264. The molecular formula is C22H18F3N5OS. The van der Waals surface area contributed by atoms with Gasteiger partial charge in [0.15, 0.2) is 0 Å². The van der Waals surface area contributed by atoms with Crippen LogP contribution in [0.1, 0.15) is 35.2 Å². The summed E-state index contributed by atoms with van der Waals surface area (Å²) in [5.74, 6) is 0. The number of aromatic nitrogens is 4. The minimum absolute atomic E-state index is 0.168. The van der Waals surface area contributed by atoms with Crippen LogP contribution in [0, 0.1) is 18.3 Å². The molecule has 10 heteroatoms. The normalized spacial score (nSPS) is 13.8. The molecule has 32 heavy (non-hydrogen) atoms. The minimum Gasteiger partial charge on any atom is -0.375 e. The topological polar surface area (TPSA) is 87.6 Å². The Hall–Kier alpha value is -3.29. The van der Waals surface area contributed by atoms with Gasteiger partial charge in [-0.15, -0.1) is 16.4 Å². The van der Waals surface area contributed by atoms with Crippen LogP contribution >= 0.6 is 11.3 Å². The van der Waals surface area contributed by atoms with Gasteiger partial charge in [0.1, 0.15) is 16.6 Å². The summed E-state index contributed by atoms with van der Waals surface area (Å²) >= 11 is 1.34. The third-order valence-electron chi connectivity index (χ3n) is 5.34. The molecule has 1 aromatic carbocycles. The van der Waals surface area contributed by atoms with Gasteiger partial charge in [0.25, 0.3) is 0 Å². The standard InChI is InChI=1S/C22H18F3N5OS/c1-3-21(31,22(23,24)25)19-12-30(29-28-19)11-14-5-7-16-17(8-14)32-18(9-26)20(16)15-6-4-13(2)27-10-15/h4-8,10,12,31H,3,11H2,1-2H3. The van der Waals surface area contributed by atoms with Crippen molar-refractivity contribution >= 4 is 21.4 Å². The molecule has 1 atom stereocenters. The second-order valence-corrected chi connectivity index (χ2v) is 8.50.